The van der Waals surface area contributed by atoms with Gasteiger partial charge in [-0.2, -0.15) is 11.8 Å². The number of hydrogen-bond donors (Lipinski definition) is 1. The normalized spacial score (nSPS) is 14.4. The molecule has 4 heteroatoms. The first-order valence-electron chi connectivity index (χ1n) is 6.60. The summed E-state index contributed by atoms with van der Waals surface area (Å²) in [5.74, 6) is 2.20. The molecular weight excluding hydrogens is 234 g/mol. The van der Waals surface area contributed by atoms with Gasteiger partial charge >= 0.3 is 5.97 Å². The van der Waals surface area contributed by atoms with Crippen molar-refractivity contribution in [1.29, 1.82) is 0 Å². The Hall–Kier alpha value is -0.220. The maximum absolute atomic E-state index is 11.9. The van der Waals surface area contributed by atoms with Gasteiger partial charge in [0.05, 0.1) is 6.61 Å². The lowest BCUT2D eigenvalue weighted by Gasteiger charge is -2.28. The Bertz CT molecular complexity index is 212. The van der Waals surface area contributed by atoms with E-state index in [4.69, 9.17) is 4.74 Å². The van der Waals surface area contributed by atoms with E-state index in [9.17, 15) is 4.79 Å². The van der Waals surface area contributed by atoms with E-state index in [1.54, 1.807) is 0 Å². The zero-order chi connectivity index (χ0) is 13.1. The summed E-state index contributed by atoms with van der Waals surface area (Å²) in [4.78, 5) is 11.9. The van der Waals surface area contributed by atoms with Gasteiger partial charge in [-0.1, -0.05) is 13.8 Å². The van der Waals surface area contributed by atoms with Gasteiger partial charge in [-0.25, -0.2) is 0 Å². The highest BCUT2D eigenvalue weighted by Gasteiger charge is 2.32. The molecule has 0 fully saturated rings. The van der Waals surface area contributed by atoms with Crippen LogP contribution in [-0.4, -0.2) is 36.2 Å². The van der Waals surface area contributed by atoms with E-state index in [1.807, 2.05) is 32.5 Å². The third kappa shape index (κ3) is 6.94. The lowest BCUT2D eigenvalue weighted by Crippen LogP contribution is -2.50. The Morgan fingerprint density at radius 1 is 1.29 bits per heavy atom. The van der Waals surface area contributed by atoms with Gasteiger partial charge in [0.2, 0.25) is 0 Å². The van der Waals surface area contributed by atoms with Crippen LogP contribution in [0.5, 0.6) is 0 Å². The minimum Gasteiger partial charge on any atom is -0.465 e. The van der Waals surface area contributed by atoms with Crippen LogP contribution in [0.1, 0.15) is 47.0 Å². The van der Waals surface area contributed by atoms with Crippen molar-refractivity contribution in [3.63, 3.8) is 0 Å². The summed E-state index contributed by atoms with van der Waals surface area (Å²) in [6.45, 7) is 9.24. The van der Waals surface area contributed by atoms with E-state index in [2.05, 4.69) is 12.2 Å². The van der Waals surface area contributed by atoms with Crippen molar-refractivity contribution in [2.45, 2.75) is 52.5 Å². The molecule has 0 aliphatic heterocycles. The van der Waals surface area contributed by atoms with Crippen LogP contribution in [0.4, 0.5) is 0 Å². The molecule has 0 aromatic rings. The number of esters is 1. The average molecular weight is 261 g/mol. The Morgan fingerprint density at radius 3 is 2.53 bits per heavy atom. The second-order valence-corrected chi connectivity index (χ2v) is 5.52. The highest BCUT2D eigenvalue weighted by molar-refractivity contribution is 7.99. The average Bonchev–Trinajstić information content (AvgIpc) is 2.29. The summed E-state index contributed by atoms with van der Waals surface area (Å²) >= 11 is 1.96. The van der Waals surface area contributed by atoms with Gasteiger partial charge in [0.25, 0.3) is 0 Å². The van der Waals surface area contributed by atoms with Crippen LogP contribution in [0.25, 0.3) is 0 Å². The number of hydrogen-bond acceptors (Lipinski definition) is 4. The van der Waals surface area contributed by atoms with Crippen molar-refractivity contribution in [2.24, 2.45) is 0 Å². The number of carbonyl (C=O) groups excluding carboxylic acids is 1. The van der Waals surface area contributed by atoms with Gasteiger partial charge < -0.3 is 10.1 Å². The topological polar surface area (TPSA) is 38.3 Å². The van der Waals surface area contributed by atoms with Crippen molar-refractivity contribution in [3.8, 4) is 0 Å². The Balaban J connectivity index is 4.07. The van der Waals surface area contributed by atoms with Gasteiger partial charge in [-0.3, -0.25) is 4.79 Å². The zero-order valence-electron chi connectivity index (χ0n) is 11.7. The van der Waals surface area contributed by atoms with Crippen LogP contribution < -0.4 is 5.32 Å². The smallest absolute Gasteiger partial charge is 0.326 e. The van der Waals surface area contributed by atoms with Crippen LogP contribution in [0.2, 0.25) is 0 Å². The quantitative estimate of drug-likeness (QED) is 0.485. The minimum atomic E-state index is -0.516. The Kier molecular flexibility index (Phi) is 9.65. The largest absolute Gasteiger partial charge is 0.465 e. The van der Waals surface area contributed by atoms with E-state index in [1.165, 1.54) is 12.2 Å². The summed E-state index contributed by atoms with van der Waals surface area (Å²) in [5.41, 5.74) is -0.516. The molecule has 0 heterocycles. The Morgan fingerprint density at radius 2 is 2.00 bits per heavy atom. The number of carbonyl (C=O) groups is 1. The predicted octanol–water partition coefficient (Wildman–Crippen LogP) is 2.84. The minimum absolute atomic E-state index is 0.123. The fraction of sp³-hybridized carbons (Fsp3) is 0.923. The third-order valence-electron chi connectivity index (χ3n) is 2.61. The van der Waals surface area contributed by atoms with E-state index in [0.717, 1.165) is 25.1 Å². The molecule has 0 spiro atoms. The first-order chi connectivity index (χ1) is 8.10. The molecule has 0 saturated carbocycles. The molecule has 0 aliphatic rings. The maximum Gasteiger partial charge on any atom is 0.326 e. The molecule has 0 rings (SSSR count). The Labute approximate surface area is 110 Å². The van der Waals surface area contributed by atoms with Crippen molar-refractivity contribution in [2.75, 3.05) is 24.7 Å². The molecule has 1 unspecified atom stereocenters. The zero-order valence-corrected chi connectivity index (χ0v) is 12.5. The lowest BCUT2D eigenvalue weighted by molar-refractivity contribution is -0.150. The van der Waals surface area contributed by atoms with Crippen molar-refractivity contribution in [1.82, 2.24) is 5.32 Å². The second-order valence-electron chi connectivity index (χ2n) is 4.30. The molecule has 0 bridgehead atoms. The van der Waals surface area contributed by atoms with Crippen molar-refractivity contribution in [3.05, 3.63) is 0 Å². The number of thioether (sulfide) groups is 1. The standard InChI is InChI=1S/C13H27NO2S/c1-5-10-17-11-8-9-13(4,14-6-2)12(15)16-7-3/h14H,5-11H2,1-4H3. The molecule has 0 amide bonds. The molecule has 0 saturated heterocycles. The van der Waals surface area contributed by atoms with Gasteiger partial charge in [-0.15, -0.1) is 0 Å². The maximum atomic E-state index is 11.9. The lowest BCUT2D eigenvalue weighted by atomic mass is 9.96. The summed E-state index contributed by atoms with van der Waals surface area (Å²) in [6.07, 6.45) is 3.11. The van der Waals surface area contributed by atoms with Crippen LogP contribution in [0, 0.1) is 0 Å². The summed E-state index contributed by atoms with van der Waals surface area (Å²) in [6, 6.07) is 0. The molecule has 1 atom stereocenters. The molecule has 3 nitrogen and oxygen atoms in total. The van der Waals surface area contributed by atoms with E-state index < -0.39 is 5.54 Å². The molecule has 0 aromatic carbocycles. The molecule has 0 radical (unpaired) electrons. The fourth-order valence-corrected chi connectivity index (χ4v) is 2.56. The summed E-state index contributed by atoms with van der Waals surface area (Å²) < 4.78 is 5.13. The van der Waals surface area contributed by atoms with Crippen molar-refractivity contribution < 1.29 is 9.53 Å². The molecule has 17 heavy (non-hydrogen) atoms. The fourth-order valence-electron chi connectivity index (χ4n) is 1.72. The molecular formula is C13H27NO2S. The number of ether oxygens (including phenoxy) is 1. The van der Waals surface area contributed by atoms with Crippen LogP contribution >= 0.6 is 11.8 Å². The highest BCUT2D eigenvalue weighted by atomic mass is 32.2. The number of likely N-dealkylation sites (N-methyl/N-ethyl adjacent to an activating group) is 1. The molecule has 1 N–H and O–H groups in total. The van der Waals surface area contributed by atoms with Gasteiger partial charge in [0.1, 0.15) is 5.54 Å². The number of rotatable bonds is 10. The molecule has 0 aliphatic carbocycles. The third-order valence-corrected chi connectivity index (χ3v) is 3.88. The highest BCUT2D eigenvalue weighted by Crippen LogP contribution is 2.17. The first-order valence-corrected chi connectivity index (χ1v) is 7.76. The van der Waals surface area contributed by atoms with Gasteiger partial charge in [-0.05, 0) is 51.2 Å². The van der Waals surface area contributed by atoms with Crippen LogP contribution in [0.3, 0.4) is 0 Å². The van der Waals surface area contributed by atoms with E-state index >= 15 is 0 Å². The monoisotopic (exact) mass is 261 g/mol. The van der Waals surface area contributed by atoms with Crippen LogP contribution in [0.15, 0.2) is 0 Å². The predicted molar refractivity (Wildman–Crippen MR) is 75.6 cm³/mol. The SMILES string of the molecule is CCCSCCCC(C)(NCC)C(=O)OCC. The van der Waals surface area contributed by atoms with Crippen LogP contribution in [-0.2, 0) is 9.53 Å². The van der Waals surface area contributed by atoms with E-state index in [0.29, 0.717) is 6.61 Å². The van der Waals surface area contributed by atoms with Gasteiger partial charge in [0, 0.05) is 0 Å². The second kappa shape index (κ2) is 9.77. The summed E-state index contributed by atoms with van der Waals surface area (Å²) in [5, 5.41) is 3.25. The summed E-state index contributed by atoms with van der Waals surface area (Å²) in [7, 11) is 0. The van der Waals surface area contributed by atoms with Gasteiger partial charge in [0.15, 0.2) is 0 Å². The van der Waals surface area contributed by atoms with E-state index in [-0.39, 0.29) is 5.97 Å². The van der Waals surface area contributed by atoms with Crippen molar-refractivity contribution >= 4 is 17.7 Å². The molecule has 0 aromatic heterocycles. The molecule has 102 valence electrons. The first kappa shape index (κ1) is 16.8. The number of nitrogens with one attached hydrogen (secondary N) is 1.